The van der Waals surface area contributed by atoms with Crippen LogP contribution in [0.15, 0.2) is 54.6 Å². The van der Waals surface area contributed by atoms with Crippen LogP contribution in [0, 0.1) is 0 Å². The molecule has 0 saturated heterocycles. The number of hydrogen-bond donors (Lipinski definition) is 0. The van der Waals surface area contributed by atoms with E-state index in [0.29, 0.717) is 28.4 Å². The van der Waals surface area contributed by atoms with Crippen molar-refractivity contribution in [2.75, 3.05) is 21.3 Å². The third-order valence-corrected chi connectivity index (χ3v) is 4.12. The molecule has 26 heavy (non-hydrogen) atoms. The minimum atomic E-state index is -0.383. The van der Waals surface area contributed by atoms with Crippen LogP contribution in [0.4, 0.5) is 0 Å². The van der Waals surface area contributed by atoms with Gasteiger partial charge in [0.2, 0.25) is 0 Å². The molecule has 0 aliphatic carbocycles. The molecule has 3 rings (SSSR count). The van der Waals surface area contributed by atoms with Crippen molar-refractivity contribution in [2.24, 2.45) is 0 Å². The summed E-state index contributed by atoms with van der Waals surface area (Å²) < 4.78 is 21.8. The minimum Gasteiger partial charge on any atom is -0.496 e. The second kappa shape index (κ2) is 7.78. The molecule has 0 fully saturated rings. The maximum atomic E-state index is 12.5. The van der Waals surface area contributed by atoms with Gasteiger partial charge in [0.15, 0.2) is 0 Å². The van der Waals surface area contributed by atoms with Crippen LogP contribution in [-0.4, -0.2) is 27.3 Å². The van der Waals surface area contributed by atoms with E-state index < -0.39 is 0 Å². The average Bonchev–Trinajstić information content (AvgIpc) is 2.68. The number of esters is 1. The first-order valence-electron chi connectivity index (χ1n) is 8.14. The molecular formula is C21H20O5. The van der Waals surface area contributed by atoms with E-state index in [-0.39, 0.29) is 12.4 Å². The monoisotopic (exact) mass is 352 g/mol. The quantitative estimate of drug-likeness (QED) is 0.495. The van der Waals surface area contributed by atoms with E-state index in [4.69, 9.17) is 18.9 Å². The molecule has 0 bridgehead atoms. The number of carbonyl (C=O) groups is 1. The van der Waals surface area contributed by atoms with Crippen LogP contribution in [0.25, 0.3) is 10.8 Å². The second-order valence-corrected chi connectivity index (χ2v) is 5.61. The summed E-state index contributed by atoms with van der Waals surface area (Å²) in [6.07, 6.45) is 0.104. The summed E-state index contributed by atoms with van der Waals surface area (Å²) in [4.78, 5) is 12.5. The van der Waals surface area contributed by atoms with Gasteiger partial charge in [0.05, 0.1) is 33.1 Å². The predicted octanol–water partition coefficient (Wildman–Crippen LogP) is 4.01. The van der Waals surface area contributed by atoms with E-state index in [1.165, 1.54) is 0 Å². The van der Waals surface area contributed by atoms with Crippen molar-refractivity contribution < 1.29 is 23.7 Å². The number of fused-ring (bicyclic) bond motifs is 1. The van der Waals surface area contributed by atoms with Gasteiger partial charge in [0.25, 0.3) is 0 Å². The van der Waals surface area contributed by atoms with Crippen LogP contribution in [0.3, 0.4) is 0 Å². The molecule has 0 N–H and O–H groups in total. The van der Waals surface area contributed by atoms with Crippen LogP contribution < -0.4 is 18.9 Å². The van der Waals surface area contributed by atoms with Gasteiger partial charge in [0.1, 0.15) is 23.0 Å². The van der Waals surface area contributed by atoms with E-state index >= 15 is 0 Å². The van der Waals surface area contributed by atoms with Gasteiger partial charge in [-0.05, 0) is 24.3 Å². The normalized spacial score (nSPS) is 10.4. The van der Waals surface area contributed by atoms with Crippen molar-refractivity contribution in [3.63, 3.8) is 0 Å². The van der Waals surface area contributed by atoms with Crippen molar-refractivity contribution in [1.82, 2.24) is 0 Å². The molecule has 0 heterocycles. The lowest BCUT2D eigenvalue weighted by molar-refractivity contribution is -0.133. The molecule has 0 amide bonds. The molecule has 0 unspecified atom stereocenters. The van der Waals surface area contributed by atoms with Gasteiger partial charge in [-0.15, -0.1) is 0 Å². The lowest BCUT2D eigenvalue weighted by Gasteiger charge is -2.14. The summed E-state index contributed by atoms with van der Waals surface area (Å²) in [6, 6.07) is 16.4. The van der Waals surface area contributed by atoms with E-state index in [2.05, 4.69) is 0 Å². The first-order valence-corrected chi connectivity index (χ1v) is 8.14. The van der Waals surface area contributed by atoms with E-state index in [0.717, 1.165) is 10.9 Å². The smallest absolute Gasteiger partial charge is 0.315 e. The Morgan fingerprint density at radius 2 is 1.38 bits per heavy atom. The Morgan fingerprint density at radius 1 is 0.731 bits per heavy atom. The summed E-state index contributed by atoms with van der Waals surface area (Å²) in [6.45, 7) is 0. The highest BCUT2D eigenvalue weighted by Crippen LogP contribution is 2.39. The number of hydrogen-bond acceptors (Lipinski definition) is 5. The lowest BCUT2D eigenvalue weighted by Crippen LogP contribution is -2.12. The molecule has 0 aromatic heterocycles. The highest BCUT2D eigenvalue weighted by molar-refractivity contribution is 5.99. The van der Waals surface area contributed by atoms with Crippen molar-refractivity contribution in [2.45, 2.75) is 6.42 Å². The van der Waals surface area contributed by atoms with Crippen molar-refractivity contribution in [3.05, 3.63) is 60.2 Å². The molecule has 0 atom stereocenters. The van der Waals surface area contributed by atoms with E-state index in [9.17, 15) is 4.79 Å². The zero-order valence-corrected chi connectivity index (χ0v) is 14.9. The van der Waals surface area contributed by atoms with Gasteiger partial charge in [-0.2, -0.15) is 0 Å². The zero-order valence-electron chi connectivity index (χ0n) is 14.9. The molecule has 5 nitrogen and oxygen atoms in total. The fourth-order valence-corrected chi connectivity index (χ4v) is 2.91. The molecule has 0 radical (unpaired) electrons. The minimum absolute atomic E-state index is 0.104. The molecular weight excluding hydrogens is 332 g/mol. The zero-order chi connectivity index (χ0) is 18.5. The summed E-state index contributed by atoms with van der Waals surface area (Å²) in [5, 5.41) is 1.51. The van der Waals surface area contributed by atoms with Crippen molar-refractivity contribution in [3.8, 4) is 23.0 Å². The predicted molar refractivity (Wildman–Crippen MR) is 99.4 cm³/mol. The molecule has 5 heteroatoms. The summed E-state index contributed by atoms with van der Waals surface area (Å²) >= 11 is 0. The molecule has 3 aromatic carbocycles. The van der Waals surface area contributed by atoms with Gasteiger partial charge >= 0.3 is 5.97 Å². The highest BCUT2D eigenvalue weighted by Gasteiger charge is 2.16. The largest absolute Gasteiger partial charge is 0.496 e. The number of para-hydroxylation sites is 1. The molecule has 134 valence electrons. The Morgan fingerprint density at radius 3 is 2.12 bits per heavy atom. The van der Waals surface area contributed by atoms with Crippen molar-refractivity contribution in [1.29, 1.82) is 0 Å². The van der Waals surface area contributed by atoms with Crippen LogP contribution in [-0.2, 0) is 11.2 Å². The first kappa shape index (κ1) is 17.6. The van der Waals surface area contributed by atoms with Crippen LogP contribution in [0.5, 0.6) is 23.0 Å². The second-order valence-electron chi connectivity index (χ2n) is 5.61. The number of rotatable bonds is 6. The molecule has 0 aliphatic rings. The van der Waals surface area contributed by atoms with Crippen LogP contribution in [0.1, 0.15) is 5.56 Å². The summed E-state index contributed by atoms with van der Waals surface area (Å²) in [5.74, 6) is 2.00. The Balaban J connectivity index is 1.94. The third-order valence-electron chi connectivity index (χ3n) is 4.12. The van der Waals surface area contributed by atoms with Crippen LogP contribution in [0.2, 0.25) is 0 Å². The maximum Gasteiger partial charge on any atom is 0.315 e. The van der Waals surface area contributed by atoms with Gasteiger partial charge < -0.3 is 18.9 Å². The van der Waals surface area contributed by atoms with Gasteiger partial charge in [0, 0.05) is 10.9 Å². The molecule has 0 spiro atoms. The van der Waals surface area contributed by atoms with Gasteiger partial charge in [-0.25, -0.2) is 0 Å². The molecule has 0 saturated carbocycles. The SMILES string of the molecule is COc1ccccc1CC(=O)Oc1ccc(OC)c2cccc(OC)c12. The standard InChI is InChI=1S/C21H20O5/c1-23-16-9-5-4-7-14(16)13-20(22)26-19-12-11-17(24-2)15-8-6-10-18(25-3)21(15)19/h4-12H,13H2,1-3H3. The highest BCUT2D eigenvalue weighted by atomic mass is 16.5. The third kappa shape index (κ3) is 3.42. The van der Waals surface area contributed by atoms with E-state index in [1.807, 2.05) is 42.5 Å². The van der Waals surface area contributed by atoms with E-state index in [1.54, 1.807) is 33.5 Å². The fraction of sp³-hybridized carbons (Fsp3) is 0.190. The maximum absolute atomic E-state index is 12.5. The molecule has 3 aromatic rings. The van der Waals surface area contributed by atoms with Gasteiger partial charge in [-0.3, -0.25) is 4.79 Å². The Bertz CT molecular complexity index is 933. The Labute approximate surface area is 152 Å². The van der Waals surface area contributed by atoms with Crippen LogP contribution >= 0.6 is 0 Å². The Hall–Kier alpha value is -3.21. The summed E-state index contributed by atoms with van der Waals surface area (Å²) in [5.41, 5.74) is 0.768. The Kier molecular flexibility index (Phi) is 5.27. The lowest BCUT2D eigenvalue weighted by atomic mass is 10.1. The summed E-state index contributed by atoms with van der Waals surface area (Å²) in [7, 11) is 4.75. The van der Waals surface area contributed by atoms with Crippen molar-refractivity contribution >= 4 is 16.7 Å². The first-order chi connectivity index (χ1) is 12.7. The average molecular weight is 352 g/mol. The number of carbonyl (C=O) groups excluding carboxylic acids is 1. The number of benzene rings is 3. The number of ether oxygens (including phenoxy) is 4. The van der Waals surface area contributed by atoms with Gasteiger partial charge in [-0.1, -0.05) is 30.3 Å². The molecule has 0 aliphatic heterocycles. The fourth-order valence-electron chi connectivity index (χ4n) is 2.91. The number of methoxy groups -OCH3 is 3. The topological polar surface area (TPSA) is 54.0 Å².